The van der Waals surface area contributed by atoms with Crippen molar-refractivity contribution in [3.63, 3.8) is 0 Å². The molecule has 3 rings (SSSR count). The van der Waals surface area contributed by atoms with Gasteiger partial charge in [-0.2, -0.15) is 0 Å². The molecule has 1 heterocycles. The Bertz CT molecular complexity index is 1110. The summed E-state index contributed by atoms with van der Waals surface area (Å²) in [5, 5.41) is 1.54. The molecule has 3 aromatic rings. The maximum Gasteiger partial charge on any atom is 0.270 e. The molecule has 0 aliphatic carbocycles. The summed E-state index contributed by atoms with van der Waals surface area (Å²) < 4.78 is 28.8. The third-order valence-electron chi connectivity index (χ3n) is 4.30. The number of ether oxygens (including phenoxy) is 1. The van der Waals surface area contributed by atoms with Crippen LogP contribution in [0.3, 0.4) is 0 Å². The molecule has 0 bridgehead atoms. The normalized spacial score (nSPS) is 11.5. The maximum absolute atomic E-state index is 12.6. The van der Waals surface area contributed by atoms with Crippen molar-refractivity contribution >= 4 is 38.2 Å². The van der Waals surface area contributed by atoms with Crippen LogP contribution in [0.4, 0.5) is 0 Å². The van der Waals surface area contributed by atoms with Crippen LogP contribution >= 0.6 is 11.6 Å². The summed E-state index contributed by atoms with van der Waals surface area (Å²) in [5.74, 6) is 0.371. The van der Waals surface area contributed by atoms with Crippen molar-refractivity contribution in [2.75, 3.05) is 26.5 Å². The highest BCUT2D eigenvalue weighted by atomic mass is 35.5. The second-order valence-corrected chi connectivity index (χ2v) is 9.04. The van der Waals surface area contributed by atoms with Gasteiger partial charge in [0, 0.05) is 35.8 Å². The minimum Gasteiger partial charge on any atom is -0.493 e. The molecule has 0 atom stereocenters. The number of benzene rings is 2. The SMILES string of the molecule is CN(CCCOc1cccc(S(C)(=O)=O)c1)C(=O)c1cc2ccc(Cl)cc2[nH]1. The summed E-state index contributed by atoms with van der Waals surface area (Å²) in [6.45, 7) is 0.869. The zero-order valence-corrected chi connectivity index (χ0v) is 17.2. The number of aromatic amines is 1. The summed E-state index contributed by atoms with van der Waals surface area (Å²) in [4.78, 5) is 17.5. The van der Waals surface area contributed by atoms with Crippen LogP contribution in [0.25, 0.3) is 10.9 Å². The number of aromatic nitrogens is 1. The Kier molecular flexibility index (Phi) is 5.96. The first-order valence-electron chi connectivity index (χ1n) is 8.71. The number of nitrogens with one attached hydrogen (secondary N) is 1. The van der Waals surface area contributed by atoms with Crippen molar-refractivity contribution in [3.05, 3.63) is 59.2 Å². The van der Waals surface area contributed by atoms with Crippen molar-refractivity contribution in [1.82, 2.24) is 9.88 Å². The first-order chi connectivity index (χ1) is 13.2. The molecule has 6 nitrogen and oxygen atoms in total. The summed E-state index contributed by atoms with van der Waals surface area (Å²) in [7, 11) is -1.54. The molecule has 1 aromatic heterocycles. The molecule has 0 aliphatic heterocycles. The predicted octanol–water partition coefficient (Wildman–Crippen LogP) is 3.77. The zero-order chi connectivity index (χ0) is 20.3. The Morgan fingerprint density at radius 1 is 1.18 bits per heavy atom. The lowest BCUT2D eigenvalue weighted by Gasteiger charge is -2.16. The van der Waals surface area contributed by atoms with Crippen LogP contribution in [-0.2, 0) is 9.84 Å². The molecule has 0 unspecified atom stereocenters. The second-order valence-electron chi connectivity index (χ2n) is 6.59. The largest absolute Gasteiger partial charge is 0.493 e. The van der Waals surface area contributed by atoms with Gasteiger partial charge in [0.2, 0.25) is 0 Å². The van der Waals surface area contributed by atoms with Crippen molar-refractivity contribution in [3.8, 4) is 5.75 Å². The number of amides is 1. The van der Waals surface area contributed by atoms with E-state index in [0.29, 0.717) is 36.0 Å². The number of halogens is 1. The van der Waals surface area contributed by atoms with Crippen molar-refractivity contribution in [1.29, 1.82) is 0 Å². The average Bonchev–Trinajstić information content (AvgIpc) is 3.07. The number of sulfone groups is 1. The van der Waals surface area contributed by atoms with Gasteiger partial charge in [0.05, 0.1) is 11.5 Å². The lowest BCUT2D eigenvalue weighted by molar-refractivity contribution is 0.0783. The fourth-order valence-electron chi connectivity index (χ4n) is 2.81. The van der Waals surface area contributed by atoms with Gasteiger partial charge >= 0.3 is 0 Å². The monoisotopic (exact) mass is 420 g/mol. The average molecular weight is 421 g/mol. The molecule has 0 radical (unpaired) electrons. The second kappa shape index (κ2) is 8.24. The van der Waals surface area contributed by atoms with E-state index < -0.39 is 9.84 Å². The standard InChI is InChI=1S/C20H21ClN2O4S/c1-23(20(24)19-11-14-7-8-15(21)12-18(14)22-19)9-4-10-27-16-5-3-6-17(13-16)28(2,25)26/h3,5-8,11-13,22H,4,9-10H2,1-2H3. The molecule has 8 heteroatoms. The number of fused-ring (bicyclic) bond motifs is 1. The Labute approximate surface area is 169 Å². The highest BCUT2D eigenvalue weighted by Crippen LogP contribution is 2.21. The molecule has 2 aromatic carbocycles. The maximum atomic E-state index is 12.6. The summed E-state index contributed by atoms with van der Waals surface area (Å²) >= 11 is 5.98. The Morgan fingerprint density at radius 2 is 1.96 bits per heavy atom. The van der Waals surface area contributed by atoms with Gasteiger partial charge in [-0.15, -0.1) is 0 Å². The molecule has 148 valence electrons. The third-order valence-corrected chi connectivity index (χ3v) is 5.65. The number of hydrogen-bond donors (Lipinski definition) is 1. The van der Waals surface area contributed by atoms with E-state index in [9.17, 15) is 13.2 Å². The third kappa shape index (κ3) is 4.85. The minimum absolute atomic E-state index is 0.119. The van der Waals surface area contributed by atoms with Gasteiger partial charge in [-0.25, -0.2) is 8.42 Å². The van der Waals surface area contributed by atoms with Gasteiger partial charge in [0.15, 0.2) is 9.84 Å². The molecular weight excluding hydrogens is 400 g/mol. The van der Waals surface area contributed by atoms with E-state index in [1.807, 2.05) is 6.07 Å². The van der Waals surface area contributed by atoms with Crippen LogP contribution in [0.5, 0.6) is 5.75 Å². The van der Waals surface area contributed by atoms with Crippen LogP contribution in [-0.4, -0.2) is 50.7 Å². The van der Waals surface area contributed by atoms with E-state index in [2.05, 4.69) is 4.98 Å². The molecular formula is C20H21ClN2O4S. The molecule has 1 N–H and O–H groups in total. The van der Waals surface area contributed by atoms with E-state index >= 15 is 0 Å². The van der Waals surface area contributed by atoms with Gasteiger partial charge in [-0.05, 0) is 42.8 Å². The lowest BCUT2D eigenvalue weighted by atomic mass is 10.2. The Morgan fingerprint density at radius 3 is 2.71 bits per heavy atom. The molecule has 0 saturated carbocycles. The first-order valence-corrected chi connectivity index (χ1v) is 11.0. The molecule has 0 fully saturated rings. The van der Waals surface area contributed by atoms with Gasteiger partial charge in [0.1, 0.15) is 11.4 Å². The van der Waals surface area contributed by atoms with Crippen LogP contribution in [0, 0.1) is 0 Å². The van der Waals surface area contributed by atoms with Crippen LogP contribution in [0.15, 0.2) is 53.4 Å². The van der Waals surface area contributed by atoms with Crippen LogP contribution in [0.1, 0.15) is 16.9 Å². The van der Waals surface area contributed by atoms with E-state index in [1.54, 1.807) is 42.3 Å². The van der Waals surface area contributed by atoms with Crippen LogP contribution < -0.4 is 4.74 Å². The fourth-order valence-corrected chi connectivity index (χ4v) is 3.64. The number of H-pyrrole nitrogens is 1. The minimum atomic E-state index is -3.27. The van der Waals surface area contributed by atoms with Crippen molar-refractivity contribution in [2.24, 2.45) is 0 Å². The smallest absolute Gasteiger partial charge is 0.270 e. The molecule has 0 saturated heterocycles. The first kappa shape index (κ1) is 20.2. The summed E-state index contributed by atoms with van der Waals surface area (Å²) in [6, 6.07) is 13.6. The van der Waals surface area contributed by atoms with Crippen molar-refractivity contribution in [2.45, 2.75) is 11.3 Å². The Balaban J connectivity index is 1.53. The van der Waals surface area contributed by atoms with E-state index in [0.717, 1.165) is 17.2 Å². The van der Waals surface area contributed by atoms with E-state index in [1.165, 1.54) is 12.1 Å². The molecule has 0 spiro atoms. The number of nitrogens with zero attached hydrogens (tertiary/aromatic N) is 1. The molecule has 1 amide bonds. The van der Waals surface area contributed by atoms with E-state index in [4.69, 9.17) is 16.3 Å². The van der Waals surface area contributed by atoms with E-state index in [-0.39, 0.29) is 10.8 Å². The highest BCUT2D eigenvalue weighted by Gasteiger charge is 2.14. The Hall–Kier alpha value is -2.51. The number of rotatable bonds is 7. The molecule has 0 aliphatic rings. The van der Waals surface area contributed by atoms with Gasteiger partial charge in [-0.1, -0.05) is 23.7 Å². The fraction of sp³-hybridized carbons (Fsp3) is 0.250. The number of hydrogen-bond acceptors (Lipinski definition) is 4. The topological polar surface area (TPSA) is 79.5 Å². The van der Waals surface area contributed by atoms with Crippen molar-refractivity contribution < 1.29 is 17.9 Å². The number of carbonyl (C=O) groups is 1. The van der Waals surface area contributed by atoms with Crippen LogP contribution in [0.2, 0.25) is 5.02 Å². The summed E-state index contributed by atoms with van der Waals surface area (Å²) in [6.07, 6.45) is 1.77. The number of carbonyl (C=O) groups excluding carboxylic acids is 1. The highest BCUT2D eigenvalue weighted by molar-refractivity contribution is 7.90. The quantitative estimate of drug-likeness (QED) is 0.590. The zero-order valence-electron chi connectivity index (χ0n) is 15.6. The lowest BCUT2D eigenvalue weighted by Crippen LogP contribution is -2.28. The van der Waals surface area contributed by atoms with Gasteiger partial charge < -0.3 is 14.6 Å². The van der Waals surface area contributed by atoms with Gasteiger partial charge in [0.25, 0.3) is 5.91 Å². The summed E-state index contributed by atoms with van der Waals surface area (Å²) in [5.41, 5.74) is 1.32. The molecule has 28 heavy (non-hydrogen) atoms. The predicted molar refractivity (Wildman–Crippen MR) is 110 cm³/mol. The van der Waals surface area contributed by atoms with Gasteiger partial charge in [-0.3, -0.25) is 4.79 Å².